The second-order valence-electron chi connectivity index (χ2n) is 4.18. The maximum Gasteiger partial charge on any atom is 0.304 e. The zero-order valence-corrected chi connectivity index (χ0v) is 9.13. The molecule has 0 bridgehead atoms. The zero-order valence-electron chi connectivity index (χ0n) is 9.13. The van der Waals surface area contributed by atoms with Crippen molar-refractivity contribution in [1.82, 2.24) is 0 Å². The Hall–Kier alpha value is -2.16. The van der Waals surface area contributed by atoms with Crippen molar-refractivity contribution in [3.63, 3.8) is 0 Å². The van der Waals surface area contributed by atoms with Crippen molar-refractivity contribution < 1.29 is 9.90 Å². The molecule has 3 heteroatoms. The van der Waals surface area contributed by atoms with Crippen molar-refractivity contribution in [3.8, 4) is 0 Å². The van der Waals surface area contributed by atoms with Gasteiger partial charge in [0, 0.05) is 17.1 Å². The minimum atomic E-state index is -0.792. The highest BCUT2D eigenvalue weighted by molar-refractivity contribution is 6.31. The van der Waals surface area contributed by atoms with E-state index in [2.05, 4.69) is 4.99 Å². The molecule has 1 atom stereocenters. The third-order valence-electron chi connectivity index (χ3n) is 3.06. The molecule has 3 rings (SSSR count). The number of nitrogens with zero attached hydrogens (tertiary/aromatic N) is 1. The van der Waals surface area contributed by atoms with E-state index in [1.54, 1.807) is 0 Å². The Labute approximate surface area is 98.8 Å². The van der Waals surface area contributed by atoms with Crippen molar-refractivity contribution in [1.29, 1.82) is 0 Å². The summed E-state index contributed by atoms with van der Waals surface area (Å²) in [5.41, 5.74) is 3.99. The number of hydrogen-bond acceptors (Lipinski definition) is 2. The smallest absolute Gasteiger partial charge is 0.304 e. The number of benzene rings is 1. The van der Waals surface area contributed by atoms with E-state index in [1.165, 1.54) is 0 Å². The Morgan fingerprint density at radius 1 is 1.35 bits per heavy atom. The second-order valence-corrected chi connectivity index (χ2v) is 4.18. The van der Waals surface area contributed by atoms with Crippen LogP contribution in [-0.4, -0.2) is 16.8 Å². The lowest BCUT2D eigenvalue weighted by atomic mass is 9.87. The summed E-state index contributed by atoms with van der Waals surface area (Å²) >= 11 is 0. The van der Waals surface area contributed by atoms with Gasteiger partial charge >= 0.3 is 5.97 Å². The molecule has 0 saturated heterocycles. The van der Waals surface area contributed by atoms with Gasteiger partial charge in [0.25, 0.3) is 0 Å². The predicted molar refractivity (Wildman–Crippen MR) is 66.4 cm³/mol. The van der Waals surface area contributed by atoms with Crippen molar-refractivity contribution >= 4 is 22.9 Å². The number of carbonyl (C=O) groups is 1. The van der Waals surface area contributed by atoms with Gasteiger partial charge in [0.05, 0.1) is 17.8 Å². The van der Waals surface area contributed by atoms with Gasteiger partial charge in [-0.15, -0.1) is 0 Å². The highest BCUT2D eigenvalue weighted by Gasteiger charge is 2.28. The van der Waals surface area contributed by atoms with Crippen molar-refractivity contribution in [2.24, 2.45) is 10.9 Å². The van der Waals surface area contributed by atoms with Gasteiger partial charge < -0.3 is 5.11 Å². The molecule has 0 radical (unpaired) electrons. The molecule has 0 amide bonds. The van der Waals surface area contributed by atoms with Crippen LogP contribution in [-0.2, 0) is 4.79 Å². The first kappa shape index (κ1) is 10.0. The fraction of sp³-hybridized carbons (Fsp3) is 0.143. The van der Waals surface area contributed by atoms with Crippen LogP contribution in [0.15, 0.2) is 47.5 Å². The predicted octanol–water partition coefficient (Wildman–Crippen LogP) is 2.82. The number of para-hydroxylation sites is 1. The summed E-state index contributed by atoms with van der Waals surface area (Å²) in [7, 11) is 0. The van der Waals surface area contributed by atoms with Gasteiger partial charge in [-0.1, -0.05) is 36.4 Å². The van der Waals surface area contributed by atoms with Crippen LogP contribution in [0.5, 0.6) is 0 Å². The molecule has 3 nitrogen and oxygen atoms in total. The molecule has 0 spiro atoms. The van der Waals surface area contributed by atoms with Gasteiger partial charge in [-0.3, -0.25) is 9.79 Å². The average molecular weight is 225 g/mol. The minimum absolute atomic E-state index is 0.0979. The highest BCUT2D eigenvalue weighted by Crippen LogP contribution is 2.39. The molecule has 1 aliphatic carbocycles. The number of carboxylic acid groups (broad SMARTS) is 1. The summed E-state index contributed by atoms with van der Waals surface area (Å²) in [5, 5.41) is 8.89. The summed E-state index contributed by atoms with van der Waals surface area (Å²) in [6.07, 6.45) is 5.93. The number of aliphatic carboxylic acids is 1. The van der Waals surface area contributed by atoms with Gasteiger partial charge in [-0.25, -0.2) is 0 Å². The number of fused-ring (bicyclic) bond motifs is 3. The van der Waals surface area contributed by atoms with Crippen LogP contribution < -0.4 is 0 Å². The maximum atomic E-state index is 10.8. The minimum Gasteiger partial charge on any atom is -0.481 e. The van der Waals surface area contributed by atoms with E-state index >= 15 is 0 Å². The Morgan fingerprint density at radius 2 is 2.18 bits per heavy atom. The van der Waals surface area contributed by atoms with E-state index in [0.29, 0.717) is 0 Å². The first-order chi connectivity index (χ1) is 8.25. The standard InChI is InChI=1S/C14H11NO2/c16-13(17)8-9-4-3-6-11-10-5-1-2-7-12(10)15-14(9)11/h1-7,9H,8H2,(H,16,17). The quantitative estimate of drug-likeness (QED) is 0.841. The lowest BCUT2D eigenvalue weighted by Crippen LogP contribution is -2.17. The van der Waals surface area contributed by atoms with E-state index in [9.17, 15) is 4.79 Å². The fourth-order valence-corrected chi connectivity index (χ4v) is 2.31. The Morgan fingerprint density at radius 3 is 3.00 bits per heavy atom. The van der Waals surface area contributed by atoms with Gasteiger partial charge in [0.15, 0.2) is 0 Å². The highest BCUT2D eigenvalue weighted by atomic mass is 16.4. The van der Waals surface area contributed by atoms with Gasteiger partial charge in [-0.2, -0.15) is 0 Å². The largest absolute Gasteiger partial charge is 0.481 e. The molecule has 1 aromatic carbocycles. The molecule has 0 fully saturated rings. The van der Waals surface area contributed by atoms with Crippen LogP contribution in [0.1, 0.15) is 12.0 Å². The fourth-order valence-electron chi connectivity index (χ4n) is 2.31. The molecule has 84 valence electrons. The lowest BCUT2D eigenvalue weighted by Gasteiger charge is -2.15. The molecule has 1 N–H and O–H groups in total. The lowest BCUT2D eigenvalue weighted by molar-refractivity contribution is -0.137. The van der Waals surface area contributed by atoms with Gasteiger partial charge in [0.1, 0.15) is 0 Å². The Kier molecular flexibility index (Phi) is 2.18. The first-order valence-corrected chi connectivity index (χ1v) is 5.54. The molecule has 1 aliphatic heterocycles. The topological polar surface area (TPSA) is 49.7 Å². The van der Waals surface area contributed by atoms with Crippen LogP contribution in [0.25, 0.3) is 5.57 Å². The summed E-state index contributed by atoms with van der Waals surface area (Å²) in [4.78, 5) is 15.4. The van der Waals surface area contributed by atoms with Crippen LogP contribution in [0, 0.1) is 5.92 Å². The maximum absolute atomic E-state index is 10.8. The molecule has 0 aromatic heterocycles. The van der Waals surface area contributed by atoms with Crippen LogP contribution in [0.4, 0.5) is 5.69 Å². The molecule has 2 aliphatic rings. The summed E-state index contributed by atoms with van der Waals surface area (Å²) in [5.74, 6) is -0.903. The van der Waals surface area contributed by atoms with Crippen molar-refractivity contribution in [3.05, 3.63) is 48.1 Å². The number of aliphatic imine (C=N–C) groups is 1. The average Bonchev–Trinajstić information content (AvgIpc) is 2.68. The molecular formula is C14H11NO2. The van der Waals surface area contributed by atoms with Gasteiger partial charge in [0.2, 0.25) is 0 Å². The van der Waals surface area contributed by atoms with E-state index in [-0.39, 0.29) is 12.3 Å². The van der Waals surface area contributed by atoms with Gasteiger partial charge in [-0.05, 0) is 6.07 Å². The normalized spacial score (nSPS) is 20.4. The van der Waals surface area contributed by atoms with Crippen LogP contribution >= 0.6 is 0 Å². The number of hydrogen-bond donors (Lipinski definition) is 1. The summed E-state index contributed by atoms with van der Waals surface area (Å²) < 4.78 is 0. The Bertz CT molecular complexity index is 582. The SMILES string of the molecule is O=C(O)CC1C=CC=C2C1=Nc1ccccc12. The summed E-state index contributed by atoms with van der Waals surface area (Å²) in [6, 6.07) is 7.90. The van der Waals surface area contributed by atoms with E-state index < -0.39 is 5.97 Å². The number of allylic oxidation sites excluding steroid dienone is 4. The van der Waals surface area contributed by atoms with Crippen molar-refractivity contribution in [2.75, 3.05) is 0 Å². The number of rotatable bonds is 2. The Balaban J connectivity index is 2.03. The third kappa shape index (κ3) is 1.60. The van der Waals surface area contributed by atoms with E-state index in [0.717, 1.165) is 22.5 Å². The molecule has 0 saturated carbocycles. The molecular weight excluding hydrogens is 214 g/mol. The monoisotopic (exact) mass is 225 g/mol. The van der Waals surface area contributed by atoms with E-state index in [1.807, 2.05) is 42.5 Å². The van der Waals surface area contributed by atoms with Crippen LogP contribution in [0.3, 0.4) is 0 Å². The summed E-state index contributed by atoms with van der Waals surface area (Å²) in [6.45, 7) is 0. The molecule has 1 heterocycles. The third-order valence-corrected chi connectivity index (χ3v) is 3.06. The van der Waals surface area contributed by atoms with Crippen LogP contribution in [0.2, 0.25) is 0 Å². The van der Waals surface area contributed by atoms with E-state index in [4.69, 9.17) is 5.11 Å². The number of carboxylic acids is 1. The van der Waals surface area contributed by atoms with Crippen molar-refractivity contribution in [2.45, 2.75) is 6.42 Å². The molecule has 1 aromatic rings. The molecule has 1 unspecified atom stereocenters. The zero-order chi connectivity index (χ0) is 11.8. The first-order valence-electron chi connectivity index (χ1n) is 5.54. The second kappa shape index (κ2) is 3.70. The molecule has 17 heavy (non-hydrogen) atoms.